The molecule has 0 bridgehead atoms. The summed E-state index contributed by atoms with van der Waals surface area (Å²) < 4.78 is 54.3. The molecule has 4 unspecified atom stereocenters. The maximum absolute atomic E-state index is 12.4. The standard InChI is InChI=1S/C15H21N5O9P2.H3O3P.Y/c1-8-10(6-26-30(22)23)28-15(12(8)29-31(24,25)27-5-3-4-16)20-7-17-11-13(20)18-9(2)19-14(11)21;1-4(2)3;/h7-8,10,12,15,30H,3,5-6H2,1-2H3,(H,22,23)(H,24,25)(H,18,19,21);4H,(H2,1,2,3);/t8?,10-,12?,15-;;/m1../s1. The zero-order valence-electron chi connectivity index (χ0n) is 18.9. The fourth-order valence-corrected chi connectivity index (χ4v) is 4.47. The number of aryl methyl sites for hydroxylation is 1. The van der Waals surface area contributed by atoms with Gasteiger partial charge in [-0.05, 0) is 6.92 Å². The first kappa shape index (κ1) is 33.3. The number of fused-ring (bicyclic) bond motifs is 1. The van der Waals surface area contributed by atoms with Crippen molar-refractivity contribution >= 4 is 35.5 Å². The number of H-pyrrole nitrogens is 1. The van der Waals surface area contributed by atoms with E-state index in [1.54, 1.807) is 19.9 Å². The number of rotatable bonds is 9. The molecule has 36 heavy (non-hydrogen) atoms. The van der Waals surface area contributed by atoms with Crippen LogP contribution in [-0.2, 0) is 64.7 Å². The molecular weight excluding hydrogens is 624 g/mol. The smallest absolute Gasteiger partial charge is 0.349 e. The van der Waals surface area contributed by atoms with Gasteiger partial charge in [-0.3, -0.25) is 27.5 Å². The largest absolute Gasteiger partial charge is 0.472 e. The molecule has 3 rings (SSSR count). The number of hydrogen-bond donors (Lipinski definition) is 5. The molecule has 2 aromatic heterocycles. The van der Waals surface area contributed by atoms with Crippen LogP contribution in [-0.4, -0.2) is 64.5 Å². The van der Waals surface area contributed by atoms with Crippen molar-refractivity contribution in [3.8, 4) is 6.07 Å². The Morgan fingerprint density at radius 3 is 2.58 bits per heavy atom. The second kappa shape index (κ2) is 15.0. The molecule has 1 fully saturated rings. The van der Waals surface area contributed by atoms with E-state index in [0.29, 0.717) is 5.82 Å². The molecule has 1 saturated heterocycles. The number of aromatic amines is 1. The third kappa shape index (κ3) is 9.56. The van der Waals surface area contributed by atoms with E-state index >= 15 is 0 Å². The summed E-state index contributed by atoms with van der Waals surface area (Å²) in [5.74, 6) is -0.291. The minimum atomic E-state index is -4.59. The van der Waals surface area contributed by atoms with E-state index in [1.165, 1.54) is 10.9 Å². The van der Waals surface area contributed by atoms with E-state index in [4.69, 9.17) is 42.8 Å². The van der Waals surface area contributed by atoms with Crippen molar-refractivity contribution in [3.05, 3.63) is 22.5 Å². The average molecular weight is 648 g/mol. The van der Waals surface area contributed by atoms with Gasteiger partial charge in [-0.1, -0.05) is 6.92 Å². The van der Waals surface area contributed by atoms with Crippen molar-refractivity contribution in [2.75, 3.05) is 13.2 Å². The number of ether oxygens (including phenoxy) is 1. The van der Waals surface area contributed by atoms with E-state index in [-0.39, 0.29) is 63.5 Å². The van der Waals surface area contributed by atoms with Gasteiger partial charge in [0.15, 0.2) is 17.4 Å². The Bertz CT molecular complexity index is 1210. The summed E-state index contributed by atoms with van der Waals surface area (Å²) in [6.07, 6.45) is -1.82. The van der Waals surface area contributed by atoms with Crippen LogP contribution < -0.4 is 5.56 Å². The van der Waals surface area contributed by atoms with Crippen LogP contribution in [0.3, 0.4) is 0 Å². The third-order valence-electron chi connectivity index (χ3n) is 4.62. The molecule has 0 saturated carbocycles. The van der Waals surface area contributed by atoms with Crippen LogP contribution in [0.5, 0.6) is 0 Å². The zero-order valence-corrected chi connectivity index (χ0v) is 24.6. The Labute approximate surface area is 230 Å². The van der Waals surface area contributed by atoms with Crippen molar-refractivity contribution in [1.29, 1.82) is 5.26 Å². The van der Waals surface area contributed by atoms with Gasteiger partial charge in [0.25, 0.3) is 5.56 Å². The van der Waals surface area contributed by atoms with Gasteiger partial charge >= 0.3 is 24.3 Å². The summed E-state index contributed by atoms with van der Waals surface area (Å²) in [6, 6.07) is 1.78. The summed E-state index contributed by atoms with van der Waals surface area (Å²) in [5.41, 5.74) is -0.295. The molecule has 1 radical (unpaired) electrons. The minimum Gasteiger partial charge on any atom is -0.349 e. The van der Waals surface area contributed by atoms with E-state index in [9.17, 15) is 18.8 Å². The van der Waals surface area contributed by atoms with Gasteiger partial charge in [0.1, 0.15) is 11.9 Å². The average Bonchev–Trinajstić information content (AvgIpc) is 3.27. The molecule has 5 N–H and O–H groups in total. The fraction of sp³-hybridized carbons (Fsp3) is 0.600. The quantitative estimate of drug-likeness (QED) is 0.179. The third-order valence-corrected chi connectivity index (χ3v) is 6.05. The molecule has 17 nitrogen and oxygen atoms in total. The Hall–Kier alpha value is -0.686. The molecule has 2 aromatic rings. The minimum absolute atomic E-state index is 0. The van der Waals surface area contributed by atoms with Crippen LogP contribution in [0, 0.1) is 24.2 Å². The monoisotopic (exact) mass is 648 g/mol. The van der Waals surface area contributed by atoms with Crippen molar-refractivity contribution in [1.82, 2.24) is 19.5 Å². The van der Waals surface area contributed by atoms with E-state index in [2.05, 4.69) is 15.0 Å². The van der Waals surface area contributed by atoms with Gasteiger partial charge < -0.3 is 33.8 Å². The molecule has 0 spiro atoms. The predicted octanol–water partition coefficient (Wildman–Crippen LogP) is 0.134. The maximum atomic E-state index is 12.4. The summed E-state index contributed by atoms with van der Waals surface area (Å²) in [4.78, 5) is 56.3. The number of hydrogen-bond acceptors (Lipinski definition) is 11. The predicted molar refractivity (Wildman–Crippen MR) is 117 cm³/mol. The summed E-state index contributed by atoms with van der Waals surface area (Å²) in [7, 11) is -11.0. The van der Waals surface area contributed by atoms with E-state index in [0.717, 1.165) is 0 Å². The van der Waals surface area contributed by atoms with Gasteiger partial charge in [0, 0.05) is 38.6 Å². The topological polar surface area (TPSA) is 256 Å². The zero-order chi connectivity index (χ0) is 26.3. The maximum Gasteiger partial charge on any atom is 0.472 e. The molecule has 3 heterocycles. The van der Waals surface area contributed by atoms with Gasteiger partial charge in [0.05, 0.1) is 38.1 Å². The van der Waals surface area contributed by atoms with Crippen molar-refractivity contribution < 1.29 is 84.3 Å². The number of nitrogens with one attached hydrogen (secondary N) is 1. The van der Waals surface area contributed by atoms with Crippen LogP contribution in [0.2, 0.25) is 0 Å². The van der Waals surface area contributed by atoms with Gasteiger partial charge in [0.2, 0.25) is 0 Å². The first-order valence-corrected chi connectivity index (χ1v) is 13.8. The number of phosphoric ester groups is 1. The Morgan fingerprint density at radius 1 is 1.36 bits per heavy atom. The normalized spacial score (nSPS) is 23.8. The number of nitriles is 1. The second-order valence-electron chi connectivity index (χ2n) is 7.04. The Morgan fingerprint density at radius 2 is 2.00 bits per heavy atom. The number of imidazole rings is 1. The molecule has 6 atom stereocenters. The fourth-order valence-electron chi connectivity index (χ4n) is 3.18. The van der Waals surface area contributed by atoms with Crippen molar-refractivity contribution in [3.63, 3.8) is 0 Å². The number of nitrogens with zero attached hydrogens (tertiary/aromatic N) is 4. The van der Waals surface area contributed by atoms with Gasteiger partial charge in [-0.2, -0.15) is 5.26 Å². The summed E-state index contributed by atoms with van der Waals surface area (Å²) in [6.45, 7) is 2.61. The molecular formula is C15H24N5O12P3Y. The second-order valence-corrected chi connectivity index (χ2v) is 9.83. The molecule has 0 amide bonds. The van der Waals surface area contributed by atoms with Crippen LogP contribution >= 0.6 is 24.3 Å². The molecule has 0 aromatic carbocycles. The number of phosphoric acid groups is 1. The van der Waals surface area contributed by atoms with E-state index < -0.39 is 54.2 Å². The Balaban J connectivity index is 0.00000120. The SMILES string of the molecule is Cc1nc2c(ncn2[C@@H]2O[C@H](CO[PH](=O)O)C(C)C2OP(=O)(O)OCCC#N)c(=O)[nH]1.O=[PH](O)O.[Y]. The molecule has 1 aliphatic rings. The van der Waals surface area contributed by atoms with Crippen LogP contribution in [0.15, 0.2) is 11.1 Å². The number of aromatic nitrogens is 4. The summed E-state index contributed by atoms with van der Waals surface area (Å²) in [5, 5.41) is 8.58. The molecule has 1 aliphatic heterocycles. The Kier molecular flexibility index (Phi) is 13.9. The molecule has 21 heteroatoms. The van der Waals surface area contributed by atoms with Gasteiger partial charge in [-0.25, -0.2) is 14.5 Å². The van der Waals surface area contributed by atoms with Crippen LogP contribution in [0.25, 0.3) is 11.2 Å². The first-order chi connectivity index (χ1) is 16.4. The van der Waals surface area contributed by atoms with Crippen molar-refractivity contribution in [2.45, 2.75) is 38.7 Å². The molecule has 199 valence electrons. The van der Waals surface area contributed by atoms with Crippen LogP contribution in [0.4, 0.5) is 0 Å². The van der Waals surface area contributed by atoms with E-state index in [1.807, 2.05) is 0 Å². The van der Waals surface area contributed by atoms with Gasteiger partial charge in [-0.15, -0.1) is 0 Å². The first-order valence-electron chi connectivity index (χ1n) is 9.75. The summed E-state index contributed by atoms with van der Waals surface area (Å²) >= 11 is 0. The molecule has 0 aliphatic carbocycles. The van der Waals surface area contributed by atoms with Crippen LogP contribution in [0.1, 0.15) is 25.4 Å². The van der Waals surface area contributed by atoms with Crippen molar-refractivity contribution in [2.24, 2.45) is 5.92 Å².